The molecule has 0 amide bonds. The lowest BCUT2D eigenvalue weighted by Gasteiger charge is -2.09. The number of anilines is 2. The van der Waals surface area contributed by atoms with Gasteiger partial charge in [-0.1, -0.05) is 6.92 Å². The molecule has 3 nitrogen and oxygen atoms in total. The standard InChI is InChI=1S/C10H14FN3/c1-2-3-14-10-5-9(13)8(11)4-7(10)6-12/h4-6,12,14H,2-3,13H2,1H3. The first kappa shape index (κ1) is 10.5. The predicted octanol–water partition coefficient (Wildman–Crippen LogP) is 2.23. The number of benzene rings is 1. The number of hydrogen-bond acceptors (Lipinski definition) is 3. The van der Waals surface area contributed by atoms with Gasteiger partial charge in [0.15, 0.2) is 0 Å². The van der Waals surface area contributed by atoms with Crippen LogP contribution in [0.25, 0.3) is 0 Å². The summed E-state index contributed by atoms with van der Waals surface area (Å²) in [6, 6.07) is 2.78. The van der Waals surface area contributed by atoms with Crippen LogP contribution in [0.1, 0.15) is 18.9 Å². The fraction of sp³-hybridized carbons (Fsp3) is 0.300. The molecule has 0 aliphatic rings. The second-order valence-electron chi connectivity index (χ2n) is 3.03. The first-order valence-electron chi connectivity index (χ1n) is 4.52. The largest absolute Gasteiger partial charge is 0.396 e. The van der Waals surface area contributed by atoms with Crippen LogP contribution in [-0.4, -0.2) is 12.8 Å². The lowest BCUT2D eigenvalue weighted by atomic mass is 10.1. The van der Waals surface area contributed by atoms with Crippen molar-refractivity contribution >= 4 is 17.6 Å². The molecular formula is C10H14FN3. The molecule has 0 bridgehead atoms. The Bertz CT molecular complexity index is 336. The van der Waals surface area contributed by atoms with E-state index in [1.165, 1.54) is 12.1 Å². The van der Waals surface area contributed by atoms with E-state index in [0.717, 1.165) is 19.2 Å². The molecule has 0 fully saturated rings. The van der Waals surface area contributed by atoms with Crippen molar-refractivity contribution in [2.45, 2.75) is 13.3 Å². The third-order valence-electron chi connectivity index (χ3n) is 1.89. The zero-order chi connectivity index (χ0) is 10.6. The summed E-state index contributed by atoms with van der Waals surface area (Å²) in [7, 11) is 0. The van der Waals surface area contributed by atoms with Crippen molar-refractivity contribution in [1.29, 1.82) is 5.41 Å². The maximum absolute atomic E-state index is 13.0. The Morgan fingerprint density at radius 3 is 2.86 bits per heavy atom. The first-order valence-corrected chi connectivity index (χ1v) is 4.52. The highest BCUT2D eigenvalue weighted by Crippen LogP contribution is 2.20. The molecular weight excluding hydrogens is 181 g/mol. The third-order valence-corrected chi connectivity index (χ3v) is 1.89. The fourth-order valence-electron chi connectivity index (χ4n) is 1.14. The zero-order valence-electron chi connectivity index (χ0n) is 8.10. The Kier molecular flexibility index (Phi) is 3.45. The van der Waals surface area contributed by atoms with Crippen molar-refractivity contribution in [2.75, 3.05) is 17.6 Å². The molecule has 0 aliphatic heterocycles. The van der Waals surface area contributed by atoms with Gasteiger partial charge in [0.25, 0.3) is 0 Å². The molecule has 76 valence electrons. The molecule has 1 aromatic carbocycles. The highest BCUT2D eigenvalue weighted by Gasteiger charge is 2.05. The van der Waals surface area contributed by atoms with E-state index in [1.807, 2.05) is 6.92 Å². The van der Waals surface area contributed by atoms with Gasteiger partial charge in [-0.15, -0.1) is 0 Å². The van der Waals surface area contributed by atoms with Crippen LogP contribution < -0.4 is 11.1 Å². The van der Waals surface area contributed by atoms with E-state index in [0.29, 0.717) is 11.3 Å². The maximum atomic E-state index is 13.0. The van der Waals surface area contributed by atoms with E-state index in [1.54, 1.807) is 0 Å². The Hall–Kier alpha value is -1.58. The second-order valence-corrected chi connectivity index (χ2v) is 3.03. The average molecular weight is 195 g/mol. The molecule has 0 radical (unpaired) electrons. The van der Waals surface area contributed by atoms with Crippen molar-refractivity contribution in [2.24, 2.45) is 0 Å². The minimum atomic E-state index is -0.481. The van der Waals surface area contributed by atoms with E-state index in [-0.39, 0.29) is 5.69 Å². The minimum Gasteiger partial charge on any atom is -0.396 e. The van der Waals surface area contributed by atoms with Crippen LogP contribution in [0.3, 0.4) is 0 Å². The number of nitrogens with one attached hydrogen (secondary N) is 2. The Morgan fingerprint density at radius 1 is 1.57 bits per heavy atom. The Morgan fingerprint density at radius 2 is 2.29 bits per heavy atom. The Labute approximate surface area is 82.6 Å². The van der Waals surface area contributed by atoms with Crippen LogP contribution >= 0.6 is 0 Å². The number of halogens is 1. The van der Waals surface area contributed by atoms with Crippen molar-refractivity contribution in [3.05, 3.63) is 23.5 Å². The molecule has 14 heavy (non-hydrogen) atoms. The van der Waals surface area contributed by atoms with Gasteiger partial charge in [0.2, 0.25) is 0 Å². The third kappa shape index (κ3) is 2.22. The quantitative estimate of drug-likeness (QED) is 0.509. The fourth-order valence-corrected chi connectivity index (χ4v) is 1.14. The van der Waals surface area contributed by atoms with E-state index in [4.69, 9.17) is 11.1 Å². The molecule has 1 aromatic rings. The normalized spacial score (nSPS) is 9.86. The number of rotatable bonds is 4. The molecule has 4 heteroatoms. The molecule has 1 rings (SSSR count). The molecule has 0 atom stereocenters. The summed E-state index contributed by atoms with van der Waals surface area (Å²) in [6.07, 6.45) is 2.08. The van der Waals surface area contributed by atoms with E-state index < -0.39 is 5.82 Å². The lowest BCUT2D eigenvalue weighted by Crippen LogP contribution is -2.04. The molecule has 0 saturated carbocycles. The van der Waals surface area contributed by atoms with Crippen LogP contribution in [0.5, 0.6) is 0 Å². The number of hydrogen-bond donors (Lipinski definition) is 3. The lowest BCUT2D eigenvalue weighted by molar-refractivity contribution is 0.632. The van der Waals surface area contributed by atoms with Crippen molar-refractivity contribution in [3.63, 3.8) is 0 Å². The summed E-state index contributed by atoms with van der Waals surface area (Å²) in [4.78, 5) is 0. The molecule has 4 N–H and O–H groups in total. The van der Waals surface area contributed by atoms with Crippen molar-refractivity contribution < 1.29 is 4.39 Å². The van der Waals surface area contributed by atoms with Crippen LogP contribution in [0.4, 0.5) is 15.8 Å². The van der Waals surface area contributed by atoms with Crippen molar-refractivity contribution in [3.8, 4) is 0 Å². The van der Waals surface area contributed by atoms with Gasteiger partial charge < -0.3 is 16.5 Å². The summed E-state index contributed by atoms with van der Waals surface area (Å²) in [5, 5.41) is 10.2. The maximum Gasteiger partial charge on any atom is 0.146 e. The van der Waals surface area contributed by atoms with Crippen molar-refractivity contribution in [1.82, 2.24) is 0 Å². The average Bonchev–Trinajstić information content (AvgIpc) is 2.19. The van der Waals surface area contributed by atoms with Crippen LogP contribution in [0, 0.1) is 11.2 Å². The van der Waals surface area contributed by atoms with E-state index in [2.05, 4.69) is 5.32 Å². The number of nitrogens with two attached hydrogens (primary N) is 1. The highest BCUT2D eigenvalue weighted by molar-refractivity contribution is 5.87. The summed E-state index contributed by atoms with van der Waals surface area (Å²) >= 11 is 0. The smallest absolute Gasteiger partial charge is 0.146 e. The summed E-state index contributed by atoms with van der Waals surface area (Å²) < 4.78 is 13.0. The molecule has 0 unspecified atom stereocenters. The van der Waals surface area contributed by atoms with Gasteiger partial charge in [0.1, 0.15) is 5.82 Å². The first-order chi connectivity index (χ1) is 6.69. The van der Waals surface area contributed by atoms with E-state index >= 15 is 0 Å². The Balaban J connectivity index is 3.00. The molecule has 0 heterocycles. The van der Waals surface area contributed by atoms with Gasteiger partial charge in [-0.2, -0.15) is 0 Å². The second kappa shape index (κ2) is 4.60. The zero-order valence-corrected chi connectivity index (χ0v) is 8.10. The monoisotopic (exact) mass is 195 g/mol. The van der Waals surface area contributed by atoms with Gasteiger partial charge in [-0.05, 0) is 18.6 Å². The van der Waals surface area contributed by atoms with Gasteiger partial charge >= 0.3 is 0 Å². The predicted molar refractivity (Wildman–Crippen MR) is 57.5 cm³/mol. The van der Waals surface area contributed by atoms with E-state index in [9.17, 15) is 4.39 Å². The molecule has 0 aliphatic carbocycles. The summed E-state index contributed by atoms with van der Waals surface area (Å²) in [5.74, 6) is -0.481. The molecule has 0 saturated heterocycles. The number of nitrogen functional groups attached to an aromatic ring is 1. The van der Waals surface area contributed by atoms with Gasteiger partial charge in [0, 0.05) is 24.0 Å². The molecule has 0 aromatic heterocycles. The van der Waals surface area contributed by atoms with Crippen LogP contribution in [0.2, 0.25) is 0 Å². The summed E-state index contributed by atoms with van der Waals surface area (Å²) in [6.45, 7) is 2.82. The van der Waals surface area contributed by atoms with Gasteiger partial charge in [-0.25, -0.2) is 4.39 Å². The van der Waals surface area contributed by atoms with Gasteiger partial charge in [0.05, 0.1) is 5.69 Å². The highest BCUT2D eigenvalue weighted by atomic mass is 19.1. The minimum absolute atomic E-state index is 0.106. The van der Waals surface area contributed by atoms with Crippen LogP contribution in [-0.2, 0) is 0 Å². The molecule has 0 spiro atoms. The topological polar surface area (TPSA) is 61.9 Å². The SMILES string of the molecule is CCCNc1cc(N)c(F)cc1C=N. The summed E-state index contributed by atoms with van der Waals surface area (Å²) in [5.41, 5.74) is 6.76. The van der Waals surface area contributed by atoms with Gasteiger partial charge in [-0.3, -0.25) is 0 Å². The van der Waals surface area contributed by atoms with Crippen LogP contribution in [0.15, 0.2) is 12.1 Å².